The molecule has 3 heteroatoms. The van der Waals surface area contributed by atoms with Gasteiger partial charge in [0.1, 0.15) is 0 Å². The van der Waals surface area contributed by atoms with E-state index in [0.717, 1.165) is 28.1 Å². The molecule has 1 aliphatic heterocycles. The van der Waals surface area contributed by atoms with Crippen LogP contribution >= 0.6 is 0 Å². The lowest BCUT2D eigenvalue weighted by atomic mass is 10.00. The van der Waals surface area contributed by atoms with Crippen molar-refractivity contribution in [3.05, 3.63) is 76.8 Å². The second-order valence-corrected chi connectivity index (χ2v) is 6.69. The Morgan fingerprint density at radius 2 is 1.76 bits per heavy atom. The summed E-state index contributed by atoms with van der Waals surface area (Å²) in [6.45, 7) is 8.27. The first kappa shape index (κ1) is 18.8. The maximum atomic E-state index is 12.5. The van der Waals surface area contributed by atoms with Gasteiger partial charge in [0, 0.05) is 31.7 Å². The second kappa shape index (κ2) is 8.02. The summed E-state index contributed by atoms with van der Waals surface area (Å²) in [5.74, 6) is 0.0949. The van der Waals surface area contributed by atoms with Crippen molar-refractivity contribution in [3.8, 4) is 0 Å². The number of nitrogens with zero attached hydrogens (tertiary/aromatic N) is 2. The summed E-state index contributed by atoms with van der Waals surface area (Å²) in [5, 5.41) is 0. The van der Waals surface area contributed by atoms with E-state index in [0.29, 0.717) is 6.42 Å². The molecule has 0 bridgehead atoms. The van der Waals surface area contributed by atoms with Gasteiger partial charge in [0.15, 0.2) is 0 Å². The first-order valence-corrected chi connectivity index (χ1v) is 8.62. The van der Waals surface area contributed by atoms with E-state index in [1.54, 1.807) is 19.0 Å². The van der Waals surface area contributed by atoms with Crippen LogP contribution in [0, 0.1) is 6.92 Å². The predicted molar refractivity (Wildman–Crippen MR) is 106 cm³/mol. The zero-order valence-electron chi connectivity index (χ0n) is 16.1. The lowest BCUT2D eigenvalue weighted by Gasteiger charge is -2.30. The van der Waals surface area contributed by atoms with E-state index in [4.69, 9.17) is 0 Å². The summed E-state index contributed by atoms with van der Waals surface area (Å²) in [5.41, 5.74) is 6.75. The monoisotopic (exact) mass is 336 g/mol. The van der Waals surface area contributed by atoms with Crippen molar-refractivity contribution in [2.24, 2.45) is 0 Å². The smallest absolute Gasteiger partial charge is 0.228 e. The molecule has 3 nitrogen and oxygen atoms in total. The molecule has 0 saturated heterocycles. The molecule has 0 atom stereocenters. The van der Waals surface area contributed by atoms with Gasteiger partial charge in [0.25, 0.3) is 0 Å². The fourth-order valence-corrected chi connectivity index (χ4v) is 2.76. The highest BCUT2D eigenvalue weighted by Gasteiger charge is 2.20. The third-order valence-corrected chi connectivity index (χ3v) is 4.45. The molecule has 2 rings (SSSR count). The van der Waals surface area contributed by atoms with Crippen molar-refractivity contribution < 1.29 is 4.79 Å². The fourth-order valence-electron chi connectivity index (χ4n) is 2.76. The Bertz CT molecular complexity index is 762. The summed E-state index contributed by atoms with van der Waals surface area (Å²) >= 11 is 0. The van der Waals surface area contributed by atoms with E-state index in [2.05, 4.69) is 74.4 Å². The van der Waals surface area contributed by atoms with Gasteiger partial charge < -0.3 is 9.80 Å². The Morgan fingerprint density at radius 1 is 1.12 bits per heavy atom. The number of benzene rings is 1. The highest BCUT2D eigenvalue weighted by atomic mass is 16.2. The van der Waals surface area contributed by atoms with Crippen molar-refractivity contribution in [2.45, 2.75) is 34.1 Å². The van der Waals surface area contributed by atoms with Crippen molar-refractivity contribution in [1.29, 1.82) is 0 Å². The molecule has 1 amide bonds. The summed E-state index contributed by atoms with van der Waals surface area (Å²) in [6, 6.07) is 8.46. The lowest BCUT2D eigenvalue weighted by Crippen LogP contribution is -2.27. The molecule has 1 aromatic carbocycles. The molecule has 1 aliphatic rings. The van der Waals surface area contributed by atoms with E-state index in [1.165, 1.54) is 5.56 Å². The number of hydrogen-bond acceptors (Lipinski definition) is 2. The number of aryl methyl sites for hydroxylation is 1. The standard InChI is InChI=1S/C22H28N2O/c1-7-20-13-10-17(3)15-24(20)21(14-22(25)23(5)6)18(4)19-11-8-16(2)9-12-19/h7-13,15H,14H2,1-6H3/b20-7?,21-18+. The number of allylic oxidation sites excluding steroid dienone is 5. The molecule has 25 heavy (non-hydrogen) atoms. The molecule has 0 fully saturated rings. The number of hydrogen-bond donors (Lipinski definition) is 0. The average Bonchev–Trinajstić information content (AvgIpc) is 2.59. The van der Waals surface area contributed by atoms with Crippen LogP contribution in [0.2, 0.25) is 0 Å². The van der Waals surface area contributed by atoms with Gasteiger partial charge in [0.2, 0.25) is 5.91 Å². The molecule has 132 valence electrons. The number of carbonyl (C=O) groups is 1. The number of carbonyl (C=O) groups excluding carboxylic acids is 1. The minimum absolute atomic E-state index is 0.0949. The Morgan fingerprint density at radius 3 is 2.32 bits per heavy atom. The zero-order chi connectivity index (χ0) is 18.6. The van der Waals surface area contributed by atoms with Gasteiger partial charge in [-0.15, -0.1) is 0 Å². The van der Waals surface area contributed by atoms with Crippen LogP contribution in [0.4, 0.5) is 0 Å². The van der Waals surface area contributed by atoms with Crippen LogP contribution in [0.1, 0.15) is 38.3 Å². The van der Waals surface area contributed by atoms with Gasteiger partial charge in [-0.3, -0.25) is 4.79 Å². The van der Waals surface area contributed by atoms with Crippen LogP contribution in [-0.2, 0) is 4.79 Å². The third-order valence-electron chi connectivity index (χ3n) is 4.45. The van der Waals surface area contributed by atoms with Gasteiger partial charge in [-0.25, -0.2) is 0 Å². The molecule has 0 aliphatic carbocycles. The Balaban J connectivity index is 2.56. The van der Waals surface area contributed by atoms with E-state index in [9.17, 15) is 4.79 Å². The maximum absolute atomic E-state index is 12.5. The second-order valence-electron chi connectivity index (χ2n) is 6.69. The minimum Gasteiger partial charge on any atom is -0.348 e. The molecule has 0 spiro atoms. The molecule has 0 aromatic heterocycles. The van der Waals surface area contributed by atoms with E-state index >= 15 is 0 Å². The molecule has 1 heterocycles. The van der Waals surface area contributed by atoms with Gasteiger partial charge in [-0.2, -0.15) is 0 Å². The molecular formula is C22H28N2O. The highest BCUT2D eigenvalue weighted by Crippen LogP contribution is 2.30. The lowest BCUT2D eigenvalue weighted by molar-refractivity contribution is -0.128. The first-order valence-electron chi connectivity index (χ1n) is 8.62. The zero-order valence-corrected chi connectivity index (χ0v) is 16.1. The Labute approximate surface area is 151 Å². The van der Waals surface area contributed by atoms with Gasteiger partial charge in [-0.05, 0) is 50.5 Å². The molecule has 1 aromatic rings. The predicted octanol–water partition coefficient (Wildman–Crippen LogP) is 4.88. The highest BCUT2D eigenvalue weighted by molar-refractivity contribution is 5.82. The van der Waals surface area contributed by atoms with Crippen molar-refractivity contribution in [2.75, 3.05) is 14.1 Å². The summed E-state index contributed by atoms with van der Waals surface area (Å²) in [4.78, 5) is 16.3. The van der Waals surface area contributed by atoms with Gasteiger partial charge in [0.05, 0.1) is 6.42 Å². The third kappa shape index (κ3) is 4.50. The largest absolute Gasteiger partial charge is 0.348 e. The van der Waals surface area contributed by atoms with Crippen LogP contribution < -0.4 is 0 Å². The Kier molecular flexibility index (Phi) is 6.02. The van der Waals surface area contributed by atoms with E-state index < -0.39 is 0 Å². The molecule has 0 radical (unpaired) electrons. The van der Waals surface area contributed by atoms with Crippen LogP contribution in [-0.4, -0.2) is 29.8 Å². The van der Waals surface area contributed by atoms with Crippen LogP contribution in [0.5, 0.6) is 0 Å². The quantitative estimate of drug-likeness (QED) is 0.782. The van der Waals surface area contributed by atoms with Crippen LogP contribution in [0.3, 0.4) is 0 Å². The Hall–Kier alpha value is -2.55. The van der Waals surface area contributed by atoms with Crippen LogP contribution in [0.25, 0.3) is 5.57 Å². The molecular weight excluding hydrogens is 308 g/mol. The normalized spacial score (nSPS) is 16.6. The number of amides is 1. The van der Waals surface area contributed by atoms with E-state index in [-0.39, 0.29) is 5.91 Å². The van der Waals surface area contributed by atoms with Crippen molar-refractivity contribution in [1.82, 2.24) is 9.80 Å². The number of rotatable bonds is 4. The van der Waals surface area contributed by atoms with Crippen LogP contribution in [0.15, 0.2) is 65.7 Å². The molecule has 0 N–H and O–H groups in total. The van der Waals surface area contributed by atoms with Crippen molar-refractivity contribution in [3.63, 3.8) is 0 Å². The summed E-state index contributed by atoms with van der Waals surface area (Å²) < 4.78 is 0. The maximum Gasteiger partial charge on any atom is 0.228 e. The fraction of sp³-hybridized carbons (Fsp3) is 0.318. The summed E-state index contributed by atoms with van der Waals surface area (Å²) in [6.07, 6.45) is 8.73. The average molecular weight is 336 g/mol. The summed E-state index contributed by atoms with van der Waals surface area (Å²) in [7, 11) is 3.60. The minimum atomic E-state index is 0.0949. The topological polar surface area (TPSA) is 23.6 Å². The van der Waals surface area contributed by atoms with E-state index in [1.807, 2.05) is 6.92 Å². The SMILES string of the molecule is CC=C1C=CC(C)=CN1/C(CC(=O)N(C)C)=C(\C)c1ccc(C)cc1. The first-order chi connectivity index (χ1) is 11.8. The van der Waals surface area contributed by atoms with Gasteiger partial charge >= 0.3 is 0 Å². The van der Waals surface area contributed by atoms with Gasteiger partial charge in [-0.1, -0.05) is 42.0 Å². The molecule has 0 saturated carbocycles. The van der Waals surface area contributed by atoms with Crippen molar-refractivity contribution >= 4 is 11.5 Å². The molecule has 0 unspecified atom stereocenters.